The molecule has 0 aliphatic carbocycles. The van der Waals surface area contributed by atoms with Gasteiger partial charge < -0.3 is 4.90 Å². The number of carbonyl (C=O) groups is 2. The number of aryl methyl sites for hydroxylation is 2. The van der Waals surface area contributed by atoms with Gasteiger partial charge in [0.05, 0.1) is 6.42 Å². The van der Waals surface area contributed by atoms with Crippen molar-refractivity contribution in [2.75, 3.05) is 6.54 Å². The molecule has 1 aliphatic heterocycles. The molecule has 1 atom stereocenters. The molecule has 1 saturated heterocycles. The monoisotopic (exact) mass is 273 g/mol. The van der Waals surface area contributed by atoms with Gasteiger partial charge in [0.1, 0.15) is 5.78 Å². The van der Waals surface area contributed by atoms with Crippen LogP contribution >= 0.6 is 0 Å². The van der Waals surface area contributed by atoms with E-state index in [2.05, 4.69) is 26.0 Å². The van der Waals surface area contributed by atoms with Gasteiger partial charge in [0.25, 0.3) is 0 Å². The highest BCUT2D eigenvalue weighted by atomic mass is 16.2. The Balaban J connectivity index is 2.03. The van der Waals surface area contributed by atoms with E-state index < -0.39 is 0 Å². The summed E-state index contributed by atoms with van der Waals surface area (Å²) in [4.78, 5) is 25.6. The molecule has 1 aromatic carbocycles. The quantitative estimate of drug-likeness (QED) is 0.846. The summed E-state index contributed by atoms with van der Waals surface area (Å²) in [6.07, 6.45) is 2.91. The number of nitrogens with zero attached hydrogens (tertiary/aromatic N) is 1. The smallest absolute Gasteiger partial charge is 0.227 e. The zero-order chi connectivity index (χ0) is 14.7. The highest BCUT2D eigenvalue weighted by molar-refractivity contribution is 5.81. The minimum atomic E-state index is 0.117. The lowest BCUT2D eigenvalue weighted by atomic mass is 10.0. The SMILES string of the molecule is CC(=O)CC1CCCN1C(=O)Cc1ccc(C)c(C)c1. The molecule has 1 aliphatic rings. The summed E-state index contributed by atoms with van der Waals surface area (Å²) < 4.78 is 0. The first-order chi connectivity index (χ1) is 9.47. The standard InChI is InChI=1S/C17H23NO2/c1-12-6-7-15(9-13(12)2)11-17(20)18-8-4-5-16(18)10-14(3)19/h6-7,9,16H,4-5,8,10-11H2,1-3H3. The average molecular weight is 273 g/mol. The summed E-state index contributed by atoms with van der Waals surface area (Å²) in [5, 5.41) is 0. The number of benzene rings is 1. The van der Waals surface area contributed by atoms with Gasteiger partial charge in [-0.1, -0.05) is 18.2 Å². The molecule has 0 saturated carbocycles. The second-order valence-electron chi connectivity index (χ2n) is 5.88. The first-order valence-corrected chi connectivity index (χ1v) is 7.32. The minimum absolute atomic E-state index is 0.117. The van der Waals surface area contributed by atoms with Crippen molar-refractivity contribution >= 4 is 11.7 Å². The number of hydrogen-bond donors (Lipinski definition) is 0. The van der Waals surface area contributed by atoms with Crippen LogP contribution in [0.1, 0.15) is 42.9 Å². The van der Waals surface area contributed by atoms with E-state index in [1.165, 1.54) is 11.1 Å². The Bertz CT molecular complexity index is 522. The summed E-state index contributed by atoms with van der Waals surface area (Å²) in [6, 6.07) is 6.29. The van der Waals surface area contributed by atoms with Crippen molar-refractivity contribution in [3.05, 3.63) is 34.9 Å². The van der Waals surface area contributed by atoms with Crippen LogP contribution in [0.25, 0.3) is 0 Å². The molecular weight excluding hydrogens is 250 g/mol. The molecule has 1 fully saturated rings. The van der Waals surface area contributed by atoms with Crippen LogP contribution in [0.4, 0.5) is 0 Å². The van der Waals surface area contributed by atoms with Crippen molar-refractivity contribution in [1.82, 2.24) is 4.90 Å². The maximum Gasteiger partial charge on any atom is 0.227 e. The lowest BCUT2D eigenvalue weighted by Crippen LogP contribution is -2.37. The number of amides is 1. The summed E-state index contributed by atoms with van der Waals surface area (Å²) in [5.74, 6) is 0.317. The zero-order valence-corrected chi connectivity index (χ0v) is 12.6. The summed E-state index contributed by atoms with van der Waals surface area (Å²) in [6.45, 7) is 6.54. The first kappa shape index (κ1) is 14.8. The van der Waals surface area contributed by atoms with E-state index >= 15 is 0 Å². The van der Waals surface area contributed by atoms with Gasteiger partial charge in [0, 0.05) is 19.0 Å². The molecule has 1 unspecified atom stereocenters. The van der Waals surface area contributed by atoms with E-state index in [1.807, 2.05) is 11.0 Å². The van der Waals surface area contributed by atoms with Crippen LogP contribution in [-0.4, -0.2) is 29.2 Å². The fourth-order valence-corrected chi connectivity index (χ4v) is 2.90. The van der Waals surface area contributed by atoms with Crippen LogP contribution in [-0.2, 0) is 16.0 Å². The molecular formula is C17H23NO2. The van der Waals surface area contributed by atoms with E-state index in [0.29, 0.717) is 12.8 Å². The normalized spacial score (nSPS) is 18.4. The van der Waals surface area contributed by atoms with Crippen molar-refractivity contribution in [3.63, 3.8) is 0 Å². The van der Waals surface area contributed by atoms with Gasteiger partial charge in [-0.15, -0.1) is 0 Å². The Morgan fingerprint density at radius 3 is 2.65 bits per heavy atom. The zero-order valence-electron chi connectivity index (χ0n) is 12.6. The summed E-state index contributed by atoms with van der Waals surface area (Å²) in [5.41, 5.74) is 3.53. The van der Waals surface area contributed by atoms with Gasteiger partial charge in [0.2, 0.25) is 5.91 Å². The van der Waals surface area contributed by atoms with Crippen molar-refractivity contribution in [2.24, 2.45) is 0 Å². The van der Waals surface area contributed by atoms with Crippen LogP contribution in [0.5, 0.6) is 0 Å². The van der Waals surface area contributed by atoms with Crippen LogP contribution < -0.4 is 0 Å². The molecule has 2 rings (SSSR count). The summed E-state index contributed by atoms with van der Waals surface area (Å²) in [7, 11) is 0. The second-order valence-corrected chi connectivity index (χ2v) is 5.88. The lowest BCUT2D eigenvalue weighted by molar-refractivity contribution is -0.132. The lowest BCUT2D eigenvalue weighted by Gasteiger charge is -2.24. The largest absolute Gasteiger partial charge is 0.339 e. The minimum Gasteiger partial charge on any atom is -0.339 e. The Hall–Kier alpha value is -1.64. The third-order valence-electron chi connectivity index (χ3n) is 4.15. The van der Waals surface area contributed by atoms with Crippen LogP contribution in [0.2, 0.25) is 0 Å². The second kappa shape index (κ2) is 6.21. The number of likely N-dealkylation sites (tertiary alicyclic amines) is 1. The Morgan fingerprint density at radius 1 is 1.25 bits per heavy atom. The van der Waals surface area contributed by atoms with Gasteiger partial charge in [-0.05, 0) is 50.3 Å². The molecule has 1 heterocycles. The molecule has 1 amide bonds. The predicted molar refractivity (Wildman–Crippen MR) is 79.7 cm³/mol. The van der Waals surface area contributed by atoms with Gasteiger partial charge in [-0.2, -0.15) is 0 Å². The van der Waals surface area contributed by atoms with Crippen molar-refractivity contribution in [3.8, 4) is 0 Å². The van der Waals surface area contributed by atoms with E-state index in [9.17, 15) is 9.59 Å². The number of rotatable bonds is 4. The molecule has 0 radical (unpaired) electrons. The van der Waals surface area contributed by atoms with Crippen LogP contribution in [0.3, 0.4) is 0 Å². The van der Waals surface area contributed by atoms with Gasteiger partial charge >= 0.3 is 0 Å². The topological polar surface area (TPSA) is 37.4 Å². The van der Waals surface area contributed by atoms with Crippen LogP contribution in [0.15, 0.2) is 18.2 Å². The highest BCUT2D eigenvalue weighted by Gasteiger charge is 2.29. The molecule has 0 spiro atoms. The van der Waals surface area contributed by atoms with E-state index in [1.54, 1.807) is 6.92 Å². The molecule has 108 valence electrons. The van der Waals surface area contributed by atoms with Gasteiger partial charge in [0.15, 0.2) is 0 Å². The molecule has 0 N–H and O–H groups in total. The maximum absolute atomic E-state index is 12.4. The Kier molecular flexibility index (Phi) is 4.58. The summed E-state index contributed by atoms with van der Waals surface area (Å²) >= 11 is 0. The van der Waals surface area contributed by atoms with Gasteiger partial charge in [-0.3, -0.25) is 9.59 Å². The van der Waals surface area contributed by atoms with Crippen LogP contribution in [0, 0.1) is 13.8 Å². The fourth-order valence-electron chi connectivity index (χ4n) is 2.90. The van der Waals surface area contributed by atoms with Crippen molar-refractivity contribution in [2.45, 2.75) is 52.5 Å². The Labute approximate surface area is 121 Å². The molecule has 3 heteroatoms. The Morgan fingerprint density at radius 2 is 2.00 bits per heavy atom. The highest BCUT2D eigenvalue weighted by Crippen LogP contribution is 2.22. The van der Waals surface area contributed by atoms with Crippen molar-refractivity contribution < 1.29 is 9.59 Å². The van der Waals surface area contributed by atoms with Crippen molar-refractivity contribution in [1.29, 1.82) is 0 Å². The maximum atomic E-state index is 12.4. The first-order valence-electron chi connectivity index (χ1n) is 7.32. The van der Waals surface area contributed by atoms with E-state index in [0.717, 1.165) is 24.9 Å². The third-order valence-corrected chi connectivity index (χ3v) is 4.15. The average Bonchev–Trinajstić information content (AvgIpc) is 2.81. The molecule has 0 aromatic heterocycles. The van der Waals surface area contributed by atoms with Gasteiger partial charge in [-0.25, -0.2) is 0 Å². The number of ketones is 1. The number of hydrogen-bond acceptors (Lipinski definition) is 2. The molecule has 1 aromatic rings. The third kappa shape index (κ3) is 3.47. The van der Waals surface area contributed by atoms with E-state index in [4.69, 9.17) is 0 Å². The fraction of sp³-hybridized carbons (Fsp3) is 0.529. The predicted octanol–water partition coefficient (Wildman–Crippen LogP) is 2.82. The molecule has 3 nitrogen and oxygen atoms in total. The molecule has 20 heavy (non-hydrogen) atoms. The number of carbonyl (C=O) groups excluding carboxylic acids is 2. The molecule has 0 bridgehead atoms. The van der Waals surface area contributed by atoms with E-state index in [-0.39, 0.29) is 17.7 Å². The number of Topliss-reactive ketones (excluding diaryl/α,β-unsaturated/α-hetero) is 1.